The summed E-state index contributed by atoms with van der Waals surface area (Å²) in [5.41, 5.74) is 4.55. The molecule has 0 spiro atoms. The van der Waals surface area contributed by atoms with E-state index in [1.807, 2.05) is 26.0 Å². The Kier molecular flexibility index (Phi) is 11.9. The average Bonchev–Trinajstić information content (AvgIpc) is 3.52. The second kappa shape index (κ2) is 15.4. The number of methoxy groups -OCH3 is 1. The molecule has 1 N–H and O–H groups in total. The number of ether oxygens (including phenoxy) is 1. The summed E-state index contributed by atoms with van der Waals surface area (Å²) in [7, 11) is 6.11. The van der Waals surface area contributed by atoms with Crippen molar-refractivity contribution in [1.82, 2.24) is 15.1 Å². The Morgan fingerprint density at radius 1 is 0.941 bits per heavy atom. The van der Waals surface area contributed by atoms with E-state index in [-0.39, 0.29) is 11.4 Å². The highest BCUT2D eigenvalue weighted by Crippen LogP contribution is 2.73. The summed E-state index contributed by atoms with van der Waals surface area (Å²) >= 11 is 2.12. The molecule has 6 aliphatic rings. The van der Waals surface area contributed by atoms with Gasteiger partial charge in [0.05, 0.1) is 12.7 Å². The lowest BCUT2D eigenvalue weighted by Gasteiger charge is -2.69. The molecule has 0 amide bonds. The zero-order valence-electron chi connectivity index (χ0n) is 34.2. The predicted octanol–water partition coefficient (Wildman–Crippen LogP) is 9.53. The first-order valence-electron chi connectivity index (χ1n) is 21.0. The van der Waals surface area contributed by atoms with Gasteiger partial charge in [-0.15, -0.1) is 0 Å². The lowest BCUT2D eigenvalue weighted by Crippen LogP contribution is -2.65. The number of rotatable bonds is 8. The number of nitrogens with one attached hydrogen (secondary N) is 1. The molecule has 1 aliphatic heterocycles. The fourth-order valence-electron chi connectivity index (χ4n) is 13.8. The van der Waals surface area contributed by atoms with Crippen LogP contribution in [0.15, 0.2) is 30.3 Å². The van der Waals surface area contributed by atoms with Crippen LogP contribution >= 0.6 is 11.8 Å². The minimum absolute atomic E-state index is 0.0916. The van der Waals surface area contributed by atoms with Gasteiger partial charge in [-0.1, -0.05) is 59.8 Å². The van der Waals surface area contributed by atoms with Crippen LogP contribution in [0.5, 0.6) is 0 Å². The highest BCUT2D eigenvalue weighted by atomic mass is 32.2. The van der Waals surface area contributed by atoms with Gasteiger partial charge in [-0.2, -0.15) is 11.8 Å². The lowest BCUT2D eigenvalue weighted by molar-refractivity contribution is -0.177. The van der Waals surface area contributed by atoms with Crippen molar-refractivity contribution in [2.24, 2.45) is 51.8 Å². The minimum atomic E-state index is -0.259. The minimum Gasteiger partial charge on any atom is -0.465 e. The lowest BCUT2D eigenvalue weighted by atomic mass is 9.36. The van der Waals surface area contributed by atoms with Gasteiger partial charge in [0, 0.05) is 49.3 Å². The number of esters is 1. The molecule has 1 saturated heterocycles. The number of benzene rings is 1. The van der Waals surface area contributed by atoms with E-state index in [1.54, 1.807) is 0 Å². The molecule has 286 valence electrons. The van der Waals surface area contributed by atoms with Crippen LogP contribution in [0.3, 0.4) is 0 Å². The number of allylic oxidation sites excluding steroid dienone is 2. The molecule has 1 aromatic rings. The van der Waals surface area contributed by atoms with Crippen LogP contribution in [0.2, 0.25) is 0 Å². The van der Waals surface area contributed by atoms with Crippen molar-refractivity contribution in [2.75, 3.05) is 58.9 Å². The van der Waals surface area contributed by atoms with Crippen molar-refractivity contribution in [3.05, 3.63) is 41.5 Å². The summed E-state index contributed by atoms with van der Waals surface area (Å²) < 4.78 is 4.98. The van der Waals surface area contributed by atoms with E-state index < -0.39 is 0 Å². The molecule has 0 radical (unpaired) electrons. The number of fused-ring (bicyclic) bond motifs is 7. The van der Waals surface area contributed by atoms with Gasteiger partial charge in [-0.25, -0.2) is 4.79 Å². The molecular weight excluding hydrogens is 647 g/mol. The standard InChI is InChI=1S/C43H67N3O2S.C2H6/c1-29(45(6)7)32-15-21-43(44-23-24-46-25-27-49-28-26-46)22-17-35-33(38(32)43)13-14-37-41(35,4)20-18-36-40(2,3)34(16-19-42(36,37)5)30-9-11-31(12-10-30)39(47)48-8;1-2/h9-12,16,29,32-33,35-38,44H,13-15,17-28H2,1-8H3;1-2H3/t29?,32-,33?,35?,36?,37?,38?,41?,42?,43?;/m0./s1. The first kappa shape index (κ1) is 39.4. The molecular formula is C45H73N3O2S. The summed E-state index contributed by atoms with van der Waals surface area (Å²) in [5.74, 6) is 7.07. The Balaban J connectivity index is 0.00000220. The summed E-state index contributed by atoms with van der Waals surface area (Å²) in [6, 6.07) is 8.84. The number of hydrogen-bond donors (Lipinski definition) is 1. The fraction of sp³-hybridized carbons (Fsp3) is 0.800. The number of nitrogens with zero attached hydrogens (tertiary/aromatic N) is 2. The maximum Gasteiger partial charge on any atom is 0.337 e. The van der Waals surface area contributed by atoms with E-state index in [0.717, 1.165) is 36.1 Å². The van der Waals surface area contributed by atoms with E-state index in [9.17, 15) is 4.79 Å². The molecule has 1 heterocycles. The third kappa shape index (κ3) is 6.82. The second-order valence-electron chi connectivity index (χ2n) is 18.6. The Hall–Kier alpha value is -1.34. The molecule has 1 aromatic carbocycles. The molecule has 0 aromatic heterocycles. The van der Waals surface area contributed by atoms with Crippen molar-refractivity contribution >= 4 is 23.3 Å². The van der Waals surface area contributed by atoms with Gasteiger partial charge in [0.15, 0.2) is 0 Å². The van der Waals surface area contributed by atoms with Crippen LogP contribution in [0.1, 0.15) is 122 Å². The van der Waals surface area contributed by atoms with E-state index in [0.29, 0.717) is 33.9 Å². The SMILES string of the molecule is CC.COC(=O)c1ccc(C2=CCC3(C)C(CCC4(C)C5CCC6(NCCN7CCSCC7)CC[C@@H](C(C)N(C)C)C6C5CCC43)C2(C)C)cc1. The Morgan fingerprint density at radius 3 is 2.29 bits per heavy atom. The molecule has 7 rings (SSSR count). The highest BCUT2D eigenvalue weighted by Gasteiger charge is 2.66. The van der Waals surface area contributed by atoms with Crippen molar-refractivity contribution in [1.29, 1.82) is 0 Å². The van der Waals surface area contributed by atoms with Crippen molar-refractivity contribution in [2.45, 2.75) is 118 Å². The summed E-state index contributed by atoms with van der Waals surface area (Å²) in [5, 5.41) is 4.38. The second-order valence-corrected chi connectivity index (χ2v) is 19.8. The van der Waals surface area contributed by atoms with Crippen LogP contribution in [0.4, 0.5) is 0 Å². The fourth-order valence-corrected chi connectivity index (χ4v) is 14.8. The first-order chi connectivity index (χ1) is 24.4. The van der Waals surface area contributed by atoms with Gasteiger partial charge in [0.25, 0.3) is 0 Å². The largest absolute Gasteiger partial charge is 0.465 e. The normalized spacial score (nSPS) is 39.3. The van der Waals surface area contributed by atoms with Crippen molar-refractivity contribution in [3.63, 3.8) is 0 Å². The van der Waals surface area contributed by atoms with Crippen molar-refractivity contribution in [3.8, 4) is 0 Å². The zero-order chi connectivity index (χ0) is 36.8. The molecule has 5 fully saturated rings. The summed E-state index contributed by atoms with van der Waals surface area (Å²) in [6.07, 6.45) is 14.9. The Morgan fingerprint density at radius 2 is 1.63 bits per heavy atom. The van der Waals surface area contributed by atoms with Gasteiger partial charge < -0.3 is 19.9 Å². The Bertz CT molecular complexity index is 1390. The molecule has 0 bridgehead atoms. The third-order valence-electron chi connectivity index (χ3n) is 16.3. The number of carbonyl (C=O) groups excluding carboxylic acids is 1. The van der Waals surface area contributed by atoms with E-state index in [2.05, 4.69) is 93.8 Å². The van der Waals surface area contributed by atoms with Crippen LogP contribution in [-0.4, -0.2) is 86.2 Å². The average molecular weight is 720 g/mol. The smallest absolute Gasteiger partial charge is 0.337 e. The van der Waals surface area contributed by atoms with Gasteiger partial charge in [-0.05, 0) is 154 Å². The number of carbonyl (C=O) groups is 1. The number of hydrogen-bond acceptors (Lipinski definition) is 6. The number of thioether (sulfide) groups is 1. The highest BCUT2D eigenvalue weighted by molar-refractivity contribution is 7.99. The van der Waals surface area contributed by atoms with Crippen molar-refractivity contribution < 1.29 is 9.53 Å². The monoisotopic (exact) mass is 720 g/mol. The zero-order valence-corrected chi connectivity index (χ0v) is 35.0. The first-order valence-corrected chi connectivity index (χ1v) is 22.1. The molecule has 51 heavy (non-hydrogen) atoms. The maximum atomic E-state index is 12.1. The molecule has 4 saturated carbocycles. The molecule has 5 nitrogen and oxygen atoms in total. The van der Waals surface area contributed by atoms with E-state index in [1.165, 1.54) is 107 Å². The quantitative estimate of drug-likeness (QED) is 0.270. The third-order valence-corrected chi connectivity index (χ3v) is 17.2. The maximum absolute atomic E-state index is 12.1. The topological polar surface area (TPSA) is 44.8 Å². The van der Waals surface area contributed by atoms with Crippen LogP contribution in [0.25, 0.3) is 5.57 Å². The van der Waals surface area contributed by atoms with Gasteiger partial charge in [-0.3, -0.25) is 0 Å². The van der Waals surface area contributed by atoms with Gasteiger partial charge in [0.2, 0.25) is 0 Å². The van der Waals surface area contributed by atoms with Gasteiger partial charge >= 0.3 is 5.97 Å². The van der Waals surface area contributed by atoms with Crippen LogP contribution in [0, 0.1) is 51.8 Å². The summed E-state index contributed by atoms with van der Waals surface area (Å²) in [6.45, 7) is 22.0. The predicted molar refractivity (Wildman–Crippen MR) is 217 cm³/mol. The molecule has 6 heteroatoms. The van der Waals surface area contributed by atoms with Crippen LogP contribution < -0.4 is 5.32 Å². The molecule has 9 unspecified atom stereocenters. The Labute approximate surface area is 316 Å². The van der Waals surface area contributed by atoms with Crippen LogP contribution in [-0.2, 0) is 4.74 Å². The summed E-state index contributed by atoms with van der Waals surface area (Å²) in [4.78, 5) is 17.4. The van der Waals surface area contributed by atoms with Gasteiger partial charge in [0.1, 0.15) is 0 Å². The van der Waals surface area contributed by atoms with E-state index >= 15 is 0 Å². The van der Waals surface area contributed by atoms with E-state index in [4.69, 9.17) is 4.74 Å². The molecule has 10 atom stereocenters. The molecule has 5 aliphatic carbocycles.